The van der Waals surface area contributed by atoms with Crippen LogP contribution in [0.2, 0.25) is 0 Å². The Morgan fingerprint density at radius 2 is 1.48 bits per heavy atom. The van der Waals surface area contributed by atoms with Crippen molar-refractivity contribution in [3.8, 4) is 11.1 Å². The van der Waals surface area contributed by atoms with Gasteiger partial charge in [0.1, 0.15) is 5.71 Å². The fourth-order valence-electron chi connectivity index (χ4n) is 3.33. The van der Waals surface area contributed by atoms with Crippen LogP contribution in [0.4, 0.5) is 5.69 Å². The first-order chi connectivity index (χ1) is 14.2. The molecule has 0 heterocycles. The molecule has 144 valence electrons. The smallest absolute Gasteiger partial charge is 0.265 e. The molecule has 0 saturated carbocycles. The zero-order chi connectivity index (χ0) is 20.2. The summed E-state index contributed by atoms with van der Waals surface area (Å²) < 4.78 is 0. The molecule has 3 aromatic carbocycles. The lowest BCUT2D eigenvalue weighted by Crippen LogP contribution is -2.20. The van der Waals surface area contributed by atoms with Gasteiger partial charge in [-0.25, -0.2) is 0 Å². The van der Waals surface area contributed by atoms with Crippen molar-refractivity contribution in [3.63, 3.8) is 0 Å². The Labute approximate surface area is 168 Å². The van der Waals surface area contributed by atoms with Gasteiger partial charge in [0.25, 0.3) is 11.8 Å². The van der Waals surface area contributed by atoms with E-state index in [2.05, 4.69) is 15.8 Å². The maximum atomic E-state index is 12.2. The minimum absolute atomic E-state index is 0.220. The van der Waals surface area contributed by atoms with Crippen LogP contribution >= 0.6 is 0 Å². The number of hydrogen-bond donors (Lipinski definition) is 2. The van der Waals surface area contributed by atoms with Gasteiger partial charge in [0, 0.05) is 29.4 Å². The molecule has 6 heteroatoms. The molecule has 0 unspecified atom stereocenters. The third kappa shape index (κ3) is 3.73. The van der Waals surface area contributed by atoms with Crippen LogP contribution in [0.3, 0.4) is 0 Å². The molecule has 0 fully saturated rings. The number of benzene rings is 3. The predicted molar refractivity (Wildman–Crippen MR) is 112 cm³/mol. The van der Waals surface area contributed by atoms with Crippen LogP contribution in [0.25, 0.3) is 11.1 Å². The molecule has 0 bridgehead atoms. The molecule has 0 aromatic heterocycles. The number of oxime groups is 1. The van der Waals surface area contributed by atoms with Crippen LogP contribution in [0.5, 0.6) is 0 Å². The van der Waals surface area contributed by atoms with Gasteiger partial charge in [0.15, 0.2) is 6.61 Å². The fraction of sp³-hybridized carbons (Fsp3) is 0.0870. The van der Waals surface area contributed by atoms with Gasteiger partial charge in [-0.3, -0.25) is 9.59 Å². The van der Waals surface area contributed by atoms with Crippen molar-refractivity contribution in [2.24, 2.45) is 5.16 Å². The first-order valence-electron chi connectivity index (χ1n) is 9.18. The third-order valence-electron chi connectivity index (χ3n) is 4.64. The van der Waals surface area contributed by atoms with E-state index in [1.54, 1.807) is 31.3 Å². The van der Waals surface area contributed by atoms with E-state index in [0.717, 1.165) is 22.3 Å². The van der Waals surface area contributed by atoms with Crippen molar-refractivity contribution in [2.45, 2.75) is 0 Å². The minimum atomic E-state index is -0.358. The van der Waals surface area contributed by atoms with Gasteiger partial charge in [-0.2, -0.15) is 0 Å². The summed E-state index contributed by atoms with van der Waals surface area (Å²) in [6.07, 6.45) is 0. The van der Waals surface area contributed by atoms with Crippen molar-refractivity contribution < 1.29 is 14.4 Å². The Hall–Kier alpha value is -3.93. The normalized spacial score (nSPS) is 11.3. The summed E-state index contributed by atoms with van der Waals surface area (Å²) in [5, 5.41) is 9.50. The number of fused-ring (bicyclic) bond motifs is 3. The van der Waals surface area contributed by atoms with E-state index < -0.39 is 0 Å². The molecule has 1 aliphatic carbocycles. The lowest BCUT2D eigenvalue weighted by Gasteiger charge is -2.07. The number of carbonyl (C=O) groups is 2. The van der Waals surface area contributed by atoms with E-state index in [-0.39, 0.29) is 18.4 Å². The highest BCUT2D eigenvalue weighted by Crippen LogP contribution is 2.36. The molecule has 0 spiro atoms. The van der Waals surface area contributed by atoms with E-state index in [4.69, 9.17) is 4.84 Å². The molecule has 0 aliphatic heterocycles. The van der Waals surface area contributed by atoms with E-state index in [1.165, 1.54) is 0 Å². The summed E-state index contributed by atoms with van der Waals surface area (Å²) in [5.41, 5.74) is 5.85. The van der Waals surface area contributed by atoms with E-state index in [1.807, 2.05) is 48.5 Å². The largest absolute Gasteiger partial charge is 0.385 e. The van der Waals surface area contributed by atoms with Gasteiger partial charge in [0.2, 0.25) is 0 Å². The Balaban J connectivity index is 1.46. The van der Waals surface area contributed by atoms with Crippen molar-refractivity contribution in [3.05, 3.63) is 89.5 Å². The van der Waals surface area contributed by atoms with Gasteiger partial charge in [-0.05, 0) is 29.3 Å². The standard InChI is InChI=1S/C23H19N3O3/c1-24-23(28)15-7-6-8-16(13-15)25-21(27)14-29-26-22-19-11-4-2-9-17(19)18-10-3-5-12-20(18)22/h2-13H,14H2,1H3,(H,24,28)(H,25,27). The van der Waals surface area contributed by atoms with Crippen molar-refractivity contribution in [2.75, 3.05) is 19.0 Å². The maximum absolute atomic E-state index is 12.2. The SMILES string of the molecule is CNC(=O)c1cccc(NC(=O)CON=C2c3ccccc3-c3ccccc32)c1. The number of nitrogens with one attached hydrogen (secondary N) is 2. The molecular weight excluding hydrogens is 366 g/mol. The Morgan fingerprint density at radius 1 is 0.862 bits per heavy atom. The van der Waals surface area contributed by atoms with E-state index in [0.29, 0.717) is 17.0 Å². The van der Waals surface area contributed by atoms with Gasteiger partial charge in [0.05, 0.1) is 0 Å². The lowest BCUT2D eigenvalue weighted by atomic mass is 10.1. The second-order valence-corrected chi connectivity index (χ2v) is 6.51. The molecule has 4 rings (SSSR count). The average Bonchev–Trinajstić information content (AvgIpc) is 3.07. The van der Waals surface area contributed by atoms with Crippen molar-refractivity contribution >= 4 is 23.2 Å². The van der Waals surface area contributed by atoms with E-state index >= 15 is 0 Å². The summed E-state index contributed by atoms with van der Waals surface area (Å²) in [6.45, 7) is -0.238. The third-order valence-corrected chi connectivity index (χ3v) is 4.64. The van der Waals surface area contributed by atoms with E-state index in [9.17, 15) is 9.59 Å². The van der Waals surface area contributed by atoms with Crippen LogP contribution in [-0.2, 0) is 9.63 Å². The Morgan fingerprint density at radius 3 is 2.10 bits per heavy atom. The fourth-order valence-corrected chi connectivity index (χ4v) is 3.33. The summed E-state index contributed by atoms with van der Waals surface area (Å²) in [4.78, 5) is 29.3. The molecule has 29 heavy (non-hydrogen) atoms. The first kappa shape index (κ1) is 18.4. The number of nitrogens with zero attached hydrogens (tertiary/aromatic N) is 1. The molecule has 1 aliphatic rings. The summed E-state index contributed by atoms with van der Waals surface area (Å²) in [7, 11) is 1.56. The van der Waals surface area contributed by atoms with Gasteiger partial charge in [-0.1, -0.05) is 59.8 Å². The van der Waals surface area contributed by atoms with Gasteiger partial charge < -0.3 is 15.5 Å². The summed E-state index contributed by atoms with van der Waals surface area (Å²) >= 11 is 0. The molecular formula is C23H19N3O3. The second-order valence-electron chi connectivity index (χ2n) is 6.51. The molecule has 0 radical (unpaired) electrons. The summed E-state index contributed by atoms with van der Waals surface area (Å²) in [6, 6.07) is 22.6. The second kappa shape index (κ2) is 7.98. The van der Waals surface area contributed by atoms with Crippen LogP contribution in [0, 0.1) is 0 Å². The number of carbonyl (C=O) groups excluding carboxylic acids is 2. The zero-order valence-corrected chi connectivity index (χ0v) is 15.8. The zero-order valence-electron chi connectivity index (χ0n) is 15.8. The first-order valence-corrected chi connectivity index (χ1v) is 9.18. The molecule has 0 atom stereocenters. The molecule has 2 amide bonds. The number of amides is 2. The molecule has 6 nitrogen and oxygen atoms in total. The highest BCUT2D eigenvalue weighted by atomic mass is 16.6. The quantitative estimate of drug-likeness (QED) is 0.517. The highest BCUT2D eigenvalue weighted by molar-refractivity contribution is 6.24. The number of hydrogen-bond acceptors (Lipinski definition) is 4. The number of rotatable bonds is 5. The van der Waals surface area contributed by atoms with Crippen LogP contribution in [-0.4, -0.2) is 31.2 Å². The predicted octanol–water partition coefficient (Wildman–Crippen LogP) is 3.43. The minimum Gasteiger partial charge on any atom is -0.385 e. The van der Waals surface area contributed by atoms with Crippen LogP contribution in [0.15, 0.2) is 78.0 Å². The Kier molecular flexibility index (Phi) is 5.07. The van der Waals surface area contributed by atoms with Crippen molar-refractivity contribution in [1.82, 2.24) is 5.32 Å². The Bertz CT molecular complexity index is 1070. The van der Waals surface area contributed by atoms with Gasteiger partial charge in [-0.15, -0.1) is 0 Å². The highest BCUT2D eigenvalue weighted by Gasteiger charge is 2.24. The molecule has 2 N–H and O–H groups in total. The van der Waals surface area contributed by atoms with Gasteiger partial charge >= 0.3 is 0 Å². The monoisotopic (exact) mass is 385 g/mol. The van der Waals surface area contributed by atoms with Crippen LogP contribution in [0.1, 0.15) is 21.5 Å². The number of anilines is 1. The lowest BCUT2D eigenvalue weighted by molar-refractivity contribution is -0.120. The summed E-state index contributed by atoms with van der Waals surface area (Å²) in [5.74, 6) is -0.578. The topological polar surface area (TPSA) is 79.8 Å². The average molecular weight is 385 g/mol. The maximum Gasteiger partial charge on any atom is 0.265 e. The molecule has 3 aromatic rings. The van der Waals surface area contributed by atoms with Crippen molar-refractivity contribution in [1.29, 1.82) is 0 Å². The van der Waals surface area contributed by atoms with Crippen LogP contribution < -0.4 is 10.6 Å². The molecule has 0 saturated heterocycles.